The minimum absolute atomic E-state index is 0.281. The molecule has 0 unspecified atom stereocenters. The van der Waals surface area contributed by atoms with Gasteiger partial charge in [0.2, 0.25) is 0 Å². The Morgan fingerprint density at radius 3 is 2.94 bits per heavy atom. The van der Waals surface area contributed by atoms with Gasteiger partial charge in [-0.25, -0.2) is 9.18 Å². The maximum atomic E-state index is 12.8. The molecule has 1 aromatic rings. The van der Waals surface area contributed by atoms with Crippen molar-refractivity contribution in [3.63, 3.8) is 0 Å². The number of hydrogen-bond donors (Lipinski definition) is 0. The molecule has 1 rings (SSSR count). The minimum atomic E-state index is -0.383. The first-order valence-corrected chi connectivity index (χ1v) is 4.99. The van der Waals surface area contributed by atoms with E-state index in [1.165, 1.54) is 18.2 Å². The predicted molar refractivity (Wildman–Crippen MR) is 61.2 cm³/mol. The van der Waals surface area contributed by atoms with Crippen molar-refractivity contribution in [3.05, 3.63) is 53.9 Å². The largest absolute Gasteiger partial charge is 0.463 e. The zero-order chi connectivity index (χ0) is 11.8. The minimum Gasteiger partial charge on any atom is -0.463 e. The molecule has 0 radical (unpaired) electrons. The average molecular weight is 220 g/mol. The maximum Gasteiger partial charge on any atom is 0.330 e. The van der Waals surface area contributed by atoms with Crippen molar-refractivity contribution in [1.82, 2.24) is 0 Å². The fourth-order valence-corrected chi connectivity index (χ4v) is 1.10. The molecule has 0 atom stereocenters. The Bertz CT molecular complexity index is 408. The Hall–Kier alpha value is -1.90. The molecule has 0 saturated heterocycles. The summed E-state index contributed by atoms with van der Waals surface area (Å²) >= 11 is 0. The van der Waals surface area contributed by atoms with Crippen molar-refractivity contribution >= 4 is 12.0 Å². The zero-order valence-electron chi connectivity index (χ0n) is 9.02. The summed E-state index contributed by atoms with van der Waals surface area (Å²) < 4.78 is 17.5. The number of benzene rings is 1. The van der Waals surface area contributed by atoms with E-state index in [-0.39, 0.29) is 11.8 Å². The van der Waals surface area contributed by atoms with Crippen molar-refractivity contribution in [1.29, 1.82) is 0 Å². The third-order valence-electron chi connectivity index (χ3n) is 1.77. The van der Waals surface area contributed by atoms with Crippen LogP contribution in [0.1, 0.15) is 12.5 Å². The lowest BCUT2D eigenvalue weighted by atomic mass is 10.2. The van der Waals surface area contributed by atoms with E-state index in [2.05, 4.69) is 0 Å². The van der Waals surface area contributed by atoms with Gasteiger partial charge >= 0.3 is 5.97 Å². The molecule has 0 heterocycles. The second kappa shape index (κ2) is 6.56. The maximum absolute atomic E-state index is 12.8. The number of allylic oxidation sites excluding steroid dienone is 2. The van der Waals surface area contributed by atoms with Crippen LogP contribution in [0.3, 0.4) is 0 Å². The first-order valence-electron chi connectivity index (χ1n) is 4.99. The molecule has 2 nitrogen and oxygen atoms in total. The van der Waals surface area contributed by atoms with Gasteiger partial charge in [-0.05, 0) is 24.6 Å². The van der Waals surface area contributed by atoms with Crippen molar-refractivity contribution in [2.75, 3.05) is 6.61 Å². The lowest BCUT2D eigenvalue weighted by molar-refractivity contribution is -0.137. The second-order valence-corrected chi connectivity index (χ2v) is 3.03. The van der Waals surface area contributed by atoms with Gasteiger partial charge in [-0.1, -0.05) is 30.4 Å². The summed E-state index contributed by atoms with van der Waals surface area (Å²) in [7, 11) is 0. The van der Waals surface area contributed by atoms with E-state index in [9.17, 15) is 9.18 Å². The van der Waals surface area contributed by atoms with Crippen LogP contribution in [0.5, 0.6) is 0 Å². The van der Waals surface area contributed by atoms with Gasteiger partial charge in [0.1, 0.15) is 5.82 Å². The summed E-state index contributed by atoms with van der Waals surface area (Å²) in [6.45, 7) is 2.10. The SMILES string of the molecule is CCOC(=O)C=CC=Cc1cccc(F)c1. The number of carbonyl (C=O) groups excluding carboxylic acids is 1. The van der Waals surface area contributed by atoms with Crippen LogP contribution in [0.15, 0.2) is 42.5 Å². The van der Waals surface area contributed by atoms with Crippen molar-refractivity contribution < 1.29 is 13.9 Å². The molecule has 0 N–H and O–H groups in total. The first kappa shape index (κ1) is 12.2. The quantitative estimate of drug-likeness (QED) is 0.443. The van der Waals surface area contributed by atoms with Gasteiger partial charge in [-0.2, -0.15) is 0 Å². The summed E-state index contributed by atoms with van der Waals surface area (Å²) in [5, 5.41) is 0. The van der Waals surface area contributed by atoms with E-state index in [0.717, 1.165) is 5.56 Å². The van der Waals surface area contributed by atoms with Gasteiger partial charge in [0.15, 0.2) is 0 Å². The van der Waals surface area contributed by atoms with Gasteiger partial charge in [-0.15, -0.1) is 0 Å². The summed E-state index contributed by atoms with van der Waals surface area (Å²) in [6.07, 6.45) is 6.24. The van der Waals surface area contributed by atoms with Crippen molar-refractivity contribution in [2.45, 2.75) is 6.92 Å². The van der Waals surface area contributed by atoms with E-state index in [0.29, 0.717) is 6.61 Å². The topological polar surface area (TPSA) is 26.3 Å². The number of ether oxygens (including phenoxy) is 1. The number of halogens is 1. The van der Waals surface area contributed by atoms with E-state index < -0.39 is 0 Å². The average Bonchev–Trinajstić information content (AvgIpc) is 2.25. The van der Waals surface area contributed by atoms with Crippen LogP contribution in [0.2, 0.25) is 0 Å². The third-order valence-corrected chi connectivity index (χ3v) is 1.77. The smallest absolute Gasteiger partial charge is 0.330 e. The van der Waals surface area contributed by atoms with Crippen LogP contribution in [-0.4, -0.2) is 12.6 Å². The van der Waals surface area contributed by atoms with Crippen LogP contribution < -0.4 is 0 Å². The molecular formula is C13H13FO2. The molecule has 16 heavy (non-hydrogen) atoms. The lowest BCUT2D eigenvalue weighted by Crippen LogP contribution is -1.98. The molecule has 3 heteroatoms. The first-order chi connectivity index (χ1) is 7.72. The van der Waals surface area contributed by atoms with Gasteiger partial charge in [0, 0.05) is 6.08 Å². The summed E-state index contributed by atoms with van der Waals surface area (Å²) in [5.74, 6) is -0.664. The third kappa shape index (κ3) is 4.55. The number of carbonyl (C=O) groups is 1. The van der Waals surface area contributed by atoms with Gasteiger partial charge in [-0.3, -0.25) is 0 Å². The normalized spacial score (nSPS) is 11.1. The van der Waals surface area contributed by atoms with E-state index in [4.69, 9.17) is 4.74 Å². The molecule has 1 aromatic carbocycles. The van der Waals surface area contributed by atoms with Gasteiger partial charge in [0.25, 0.3) is 0 Å². The molecular weight excluding hydrogens is 207 g/mol. The number of esters is 1. The second-order valence-electron chi connectivity index (χ2n) is 3.03. The van der Waals surface area contributed by atoms with Crippen LogP contribution in [0, 0.1) is 5.82 Å². The highest BCUT2D eigenvalue weighted by Crippen LogP contribution is 2.05. The fraction of sp³-hybridized carbons (Fsp3) is 0.154. The molecule has 0 fully saturated rings. The van der Waals surface area contributed by atoms with E-state index >= 15 is 0 Å². The zero-order valence-corrected chi connectivity index (χ0v) is 9.02. The summed E-state index contributed by atoms with van der Waals surface area (Å²) in [4.78, 5) is 10.9. The van der Waals surface area contributed by atoms with Gasteiger partial charge < -0.3 is 4.74 Å². The summed E-state index contributed by atoms with van der Waals surface area (Å²) in [6, 6.07) is 6.20. The van der Waals surface area contributed by atoms with E-state index in [1.54, 1.807) is 37.3 Å². The number of hydrogen-bond acceptors (Lipinski definition) is 2. The Morgan fingerprint density at radius 1 is 1.44 bits per heavy atom. The Kier molecular flexibility index (Phi) is 4.99. The van der Waals surface area contributed by atoms with Crippen molar-refractivity contribution in [2.24, 2.45) is 0 Å². The molecule has 0 amide bonds. The highest BCUT2D eigenvalue weighted by atomic mass is 19.1. The van der Waals surface area contributed by atoms with Crippen LogP contribution in [0.25, 0.3) is 6.08 Å². The predicted octanol–water partition coefficient (Wildman–Crippen LogP) is 2.96. The highest BCUT2D eigenvalue weighted by Gasteiger charge is 1.91. The molecule has 0 bridgehead atoms. The molecule has 0 aliphatic carbocycles. The molecule has 0 spiro atoms. The van der Waals surface area contributed by atoms with E-state index in [1.807, 2.05) is 0 Å². The lowest BCUT2D eigenvalue weighted by Gasteiger charge is -1.93. The van der Waals surface area contributed by atoms with Crippen LogP contribution >= 0.6 is 0 Å². The molecule has 0 aliphatic rings. The van der Waals surface area contributed by atoms with Gasteiger partial charge in [0.05, 0.1) is 6.61 Å². The Balaban J connectivity index is 2.52. The molecule has 0 saturated carbocycles. The molecule has 84 valence electrons. The van der Waals surface area contributed by atoms with Crippen LogP contribution in [-0.2, 0) is 9.53 Å². The Morgan fingerprint density at radius 2 is 2.25 bits per heavy atom. The highest BCUT2D eigenvalue weighted by molar-refractivity contribution is 5.82. The summed E-state index contributed by atoms with van der Waals surface area (Å²) in [5.41, 5.74) is 0.744. The monoisotopic (exact) mass is 220 g/mol. The standard InChI is InChI=1S/C13H13FO2/c1-2-16-13(15)9-4-3-6-11-7-5-8-12(14)10-11/h3-10H,2H2,1H3. The van der Waals surface area contributed by atoms with Crippen molar-refractivity contribution in [3.8, 4) is 0 Å². The van der Waals surface area contributed by atoms with Crippen LogP contribution in [0.4, 0.5) is 4.39 Å². The molecule has 0 aliphatic heterocycles. The Labute approximate surface area is 94.0 Å². The molecule has 0 aromatic heterocycles. The fourth-order valence-electron chi connectivity index (χ4n) is 1.10. The number of rotatable bonds is 4.